The third-order valence-electron chi connectivity index (χ3n) is 3.94. The molecule has 0 aromatic heterocycles. The highest BCUT2D eigenvalue weighted by Crippen LogP contribution is 1.99. The van der Waals surface area contributed by atoms with Crippen molar-refractivity contribution < 1.29 is 38.1 Å². The molecule has 30 heavy (non-hydrogen) atoms. The maximum absolute atomic E-state index is 11.5. The summed E-state index contributed by atoms with van der Waals surface area (Å²) >= 11 is 0. The van der Waals surface area contributed by atoms with Crippen LogP contribution >= 0.6 is 0 Å². The number of nitrogens with one attached hydrogen (secondary N) is 1. The standard InChI is InChI=1S/C21H39NO8/c1-19(23)7-9-22-21(25)8-12-28-14-16-30-18-17-29-15-13-27-11-4-6-20(24)5-3-10-26-2/h3-18H2,1-2H3,(H,22,25). The molecule has 0 bridgehead atoms. The van der Waals surface area contributed by atoms with E-state index in [1.807, 2.05) is 0 Å². The Labute approximate surface area is 180 Å². The molecule has 9 nitrogen and oxygen atoms in total. The summed E-state index contributed by atoms with van der Waals surface area (Å²) in [4.78, 5) is 33.7. The number of carbonyl (C=O) groups excluding carboxylic acids is 3. The molecule has 0 saturated heterocycles. The number of Topliss-reactive ketones (excluding diaryl/α,β-unsaturated/α-hetero) is 2. The maximum Gasteiger partial charge on any atom is 0.222 e. The quantitative estimate of drug-likeness (QED) is 0.240. The number of amides is 1. The first-order chi connectivity index (χ1) is 14.6. The Hall–Kier alpha value is -1.39. The largest absolute Gasteiger partial charge is 0.385 e. The van der Waals surface area contributed by atoms with Crippen molar-refractivity contribution in [3.05, 3.63) is 0 Å². The van der Waals surface area contributed by atoms with E-state index in [-0.39, 0.29) is 23.9 Å². The van der Waals surface area contributed by atoms with Gasteiger partial charge in [0.2, 0.25) is 5.91 Å². The summed E-state index contributed by atoms with van der Waals surface area (Å²) in [5.74, 6) is 0.181. The maximum atomic E-state index is 11.5. The first-order valence-electron chi connectivity index (χ1n) is 10.6. The Kier molecular flexibility index (Phi) is 21.3. The molecule has 176 valence electrons. The van der Waals surface area contributed by atoms with Crippen molar-refractivity contribution in [1.29, 1.82) is 0 Å². The van der Waals surface area contributed by atoms with Crippen LogP contribution in [0.3, 0.4) is 0 Å². The Morgan fingerprint density at radius 1 is 0.633 bits per heavy atom. The molecule has 0 saturated carbocycles. The Morgan fingerprint density at radius 2 is 1.13 bits per heavy atom. The van der Waals surface area contributed by atoms with Crippen LogP contribution < -0.4 is 5.32 Å². The zero-order valence-corrected chi connectivity index (χ0v) is 18.6. The van der Waals surface area contributed by atoms with Crippen molar-refractivity contribution in [2.24, 2.45) is 0 Å². The van der Waals surface area contributed by atoms with Gasteiger partial charge < -0.3 is 29.0 Å². The molecule has 0 aliphatic carbocycles. The van der Waals surface area contributed by atoms with Crippen molar-refractivity contribution >= 4 is 17.5 Å². The molecule has 0 aliphatic rings. The minimum absolute atomic E-state index is 0.0536. The van der Waals surface area contributed by atoms with E-state index in [0.717, 1.165) is 12.8 Å². The van der Waals surface area contributed by atoms with Crippen LogP contribution in [0.15, 0.2) is 0 Å². The van der Waals surface area contributed by atoms with Crippen LogP contribution in [-0.4, -0.2) is 90.6 Å². The van der Waals surface area contributed by atoms with Gasteiger partial charge in [0.15, 0.2) is 0 Å². The van der Waals surface area contributed by atoms with Gasteiger partial charge in [-0.3, -0.25) is 14.4 Å². The number of hydrogen-bond donors (Lipinski definition) is 1. The van der Waals surface area contributed by atoms with Crippen LogP contribution in [0.5, 0.6) is 0 Å². The summed E-state index contributed by atoms with van der Waals surface area (Å²) in [6.07, 6.45) is 3.24. The van der Waals surface area contributed by atoms with Gasteiger partial charge in [-0.2, -0.15) is 0 Å². The van der Waals surface area contributed by atoms with Crippen molar-refractivity contribution in [2.75, 3.05) is 73.1 Å². The molecule has 9 heteroatoms. The number of ether oxygens (including phenoxy) is 5. The summed E-state index contributed by atoms with van der Waals surface area (Å²) in [5, 5.41) is 2.66. The first kappa shape index (κ1) is 28.6. The van der Waals surface area contributed by atoms with Crippen molar-refractivity contribution in [3.8, 4) is 0 Å². The van der Waals surface area contributed by atoms with E-state index in [0.29, 0.717) is 85.3 Å². The van der Waals surface area contributed by atoms with E-state index in [2.05, 4.69) is 5.32 Å². The minimum atomic E-state index is -0.124. The fourth-order valence-electron chi connectivity index (χ4n) is 2.30. The molecule has 0 aliphatic heterocycles. The third-order valence-corrected chi connectivity index (χ3v) is 3.94. The Bertz CT molecular complexity index is 445. The molecular weight excluding hydrogens is 394 g/mol. The summed E-state index contributed by atoms with van der Waals surface area (Å²) in [5.41, 5.74) is 0. The van der Waals surface area contributed by atoms with Gasteiger partial charge in [0.25, 0.3) is 0 Å². The highest BCUT2D eigenvalue weighted by Gasteiger charge is 2.02. The molecule has 0 radical (unpaired) electrons. The van der Waals surface area contributed by atoms with Crippen molar-refractivity contribution in [2.45, 2.75) is 45.4 Å². The lowest BCUT2D eigenvalue weighted by Gasteiger charge is -2.08. The van der Waals surface area contributed by atoms with Crippen molar-refractivity contribution in [1.82, 2.24) is 5.32 Å². The fraction of sp³-hybridized carbons (Fsp3) is 0.857. The second-order valence-electron chi connectivity index (χ2n) is 6.74. The van der Waals surface area contributed by atoms with Crippen LogP contribution in [0.4, 0.5) is 0 Å². The molecule has 0 heterocycles. The zero-order chi connectivity index (χ0) is 22.3. The van der Waals surface area contributed by atoms with Crippen LogP contribution in [-0.2, 0) is 38.1 Å². The monoisotopic (exact) mass is 433 g/mol. The zero-order valence-electron chi connectivity index (χ0n) is 18.6. The first-order valence-corrected chi connectivity index (χ1v) is 10.6. The van der Waals surface area contributed by atoms with Gasteiger partial charge >= 0.3 is 0 Å². The second kappa shape index (κ2) is 22.3. The lowest BCUT2D eigenvalue weighted by Crippen LogP contribution is -2.26. The number of hydrogen-bond acceptors (Lipinski definition) is 8. The van der Waals surface area contributed by atoms with Crippen LogP contribution in [0.25, 0.3) is 0 Å². The van der Waals surface area contributed by atoms with Gasteiger partial charge in [-0.1, -0.05) is 0 Å². The summed E-state index contributed by atoms with van der Waals surface area (Å²) < 4.78 is 26.4. The highest BCUT2D eigenvalue weighted by molar-refractivity contribution is 5.79. The molecule has 0 spiro atoms. The average molecular weight is 434 g/mol. The summed E-state index contributed by atoms with van der Waals surface area (Å²) in [7, 11) is 1.63. The summed E-state index contributed by atoms with van der Waals surface area (Å²) in [6, 6.07) is 0. The van der Waals surface area contributed by atoms with Gasteiger partial charge in [-0.15, -0.1) is 0 Å². The van der Waals surface area contributed by atoms with Crippen LogP contribution in [0.2, 0.25) is 0 Å². The molecular formula is C21H39NO8. The van der Waals surface area contributed by atoms with E-state index in [9.17, 15) is 14.4 Å². The smallest absolute Gasteiger partial charge is 0.222 e. The van der Waals surface area contributed by atoms with E-state index >= 15 is 0 Å². The topological polar surface area (TPSA) is 109 Å². The normalized spacial score (nSPS) is 10.9. The molecule has 1 amide bonds. The van der Waals surface area contributed by atoms with E-state index < -0.39 is 0 Å². The van der Waals surface area contributed by atoms with E-state index in [1.54, 1.807) is 7.11 Å². The van der Waals surface area contributed by atoms with Gasteiger partial charge in [0, 0.05) is 52.6 Å². The third kappa shape index (κ3) is 22.9. The molecule has 0 fully saturated rings. The number of methoxy groups -OCH3 is 1. The van der Waals surface area contributed by atoms with Gasteiger partial charge in [0.05, 0.1) is 46.2 Å². The molecule has 0 aromatic carbocycles. The minimum Gasteiger partial charge on any atom is -0.385 e. The average Bonchev–Trinajstić information content (AvgIpc) is 2.70. The predicted molar refractivity (Wildman–Crippen MR) is 112 cm³/mol. The van der Waals surface area contributed by atoms with Gasteiger partial charge in [-0.05, 0) is 19.8 Å². The number of carbonyl (C=O) groups is 3. The van der Waals surface area contributed by atoms with Gasteiger partial charge in [-0.25, -0.2) is 0 Å². The van der Waals surface area contributed by atoms with Gasteiger partial charge in [0.1, 0.15) is 11.6 Å². The molecule has 0 aromatic rings. The van der Waals surface area contributed by atoms with E-state index in [4.69, 9.17) is 23.7 Å². The lowest BCUT2D eigenvalue weighted by atomic mass is 10.1. The predicted octanol–water partition coefficient (Wildman–Crippen LogP) is 1.31. The fourth-order valence-corrected chi connectivity index (χ4v) is 2.30. The van der Waals surface area contributed by atoms with E-state index in [1.165, 1.54) is 6.92 Å². The molecule has 1 N–H and O–H groups in total. The Balaban J connectivity index is 3.18. The Morgan fingerprint density at radius 3 is 1.67 bits per heavy atom. The molecule has 0 unspecified atom stereocenters. The highest BCUT2D eigenvalue weighted by atomic mass is 16.6. The summed E-state index contributed by atoms with van der Waals surface area (Å²) in [6.45, 7) is 6.13. The number of rotatable bonds is 23. The SMILES string of the molecule is COCCCC(=O)CCCOCCOCCOCCOCCC(=O)NCCC(C)=O. The second-order valence-corrected chi connectivity index (χ2v) is 6.74. The van der Waals surface area contributed by atoms with Crippen LogP contribution in [0.1, 0.15) is 45.4 Å². The van der Waals surface area contributed by atoms with Crippen molar-refractivity contribution in [3.63, 3.8) is 0 Å². The molecule has 0 atom stereocenters. The van der Waals surface area contributed by atoms with Crippen LogP contribution in [0, 0.1) is 0 Å². The number of ketones is 2. The molecule has 0 rings (SSSR count). The lowest BCUT2D eigenvalue weighted by molar-refractivity contribution is -0.122.